The molecule has 0 radical (unpaired) electrons. The molecule has 0 fully saturated rings. The van der Waals surface area contributed by atoms with Crippen molar-refractivity contribution in [2.75, 3.05) is 0 Å². The van der Waals surface area contributed by atoms with E-state index in [0.717, 1.165) is 39.6 Å². The topological polar surface area (TPSA) is 22.0 Å². The van der Waals surface area contributed by atoms with E-state index in [1.165, 1.54) is 0 Å². The highest BCUT2D eigenvalue weighted by atomic mass is 19.4. The summed E-state index contributed by atoms with van der Waals surface area (Å²) in [6, 6.07) is 7.45. The van der Waals surface area contributed by atoms with Gasteiger partial charge in [0.05, 0.1) is 12.1 Å². The smallest absolute Gasteiger partial charge is 0.311 e. The Bertz CT molecular complexity index is 666. The third-order valence-corrected chi connectivity index (χ3v) is 2.95. The maximum absolute atomic E-state index is 12.7. The molecule has 0 amide bonds. The number of rotatable bonds is 2. The maximum atomic E-state index is 12.7. The Morgan fingerprint density at radius 3 is 2.20 bits per heavy atom. The number of pyridine rings is 1. The Labute approximate surface area is 114 Å². The summed E-state index contributed by atoms with van der Waals surface area (Å²) in [4.78, 5) is 11.7. The molecule has 1 heterocycles. The lowest BCUT2D eigenvalue weighted by Gasteiger charge is -2.11. The van der Waals surface area contributed by atoms with Gasteiger partial charge in [-0.25, -0.2) is 0 Å². The van der Waals surface area contributed by atoms with Crippen molar-refractivity contribution in [2.24, 2.45) is 0 Å². The molecule has 0 saturated heterocycles. The molecule has 0 aliphatic rings. The minimum atomic E-state index is -4.45. The zero-order valence-electron chi connectivity index (χ0n) is 11.2. The van der Waals surface area contributed by atoms with Crippen molar-refractivity contribution in [3.8, 4) is 0 Å². The number of aromatic nitrogens is 1. The Balaban J connectivity index is 2.40. The fourth-order valence-corrected chi connectivity index (χ4v) is 2.18. The number of alkyl halides is 3. The van der Waals surface area contributed by atoms with E-state index in [1.54, 1.807) is 0 Å². The van der Waals surface area contributed by atoms with Crippen LogP contribution in [0.4, 0.5) is 13.2 Å². The molecule has 1 aromatic heterocycles. The van der Waals surface area contributed by atoms with E-state index in [-0.39, 0.29) is 6.54 Å². The summed E-state index contributed by atoms with van der Waals surface area (Å²) < 4.78 is 39.0. The highest BCUT2D eigenvalue weighted by molar-refractivity contribution is 5.29. The van der Waals surface area contributed by atoms with Crippen LogP contribution in [0, 0.1) is 13.8 Å². The zero-order valence-corrected chi connectivity index (χ0v) is 11.2. The molecule has 0 aliphatic heterocycles. The van der Waals surface area contributed by atoms with Gasteiger partial charge in [-0.05, 0) is 25.5 Å². The van der Waals surface area contributed by atoms with Crippen LogP contribution in [0.2, 0.25) is 0 Å². The summed E-state index contributed by atoms with van der Waals surface area (Å²) in [6.07, 6.45) is -3.59. The van der Waals surface area contributed by atoms with Gasteiger partial charge >= 0.3 is 6.18 Å². The summed E-state index contributed by atoms with van der Waals surface area (Å²) >= 11 is 0. The average molecular weight is 281 g/mol. The molecule has 0 atom stereocenters. The van der Waals surface area contributed by atoms with Gasteiger partial charge in [-0.15, -0.1) is 0 Å². The van der Waals surface area contributed by atoms with E-state index in [2.05, 4.69) is 0 Å². The molecule has 0 unspecified atom stereocenters. The largest absolute Gasteiger partial charge is 0.417 e. The van der Waals surface area contributed by atoms with Crippen LogP contribution in [0.1, 0.15) is 22.3 Å². The fraction of sp³-hybridized carbons (Fsp3) is 0.267. The van der Waals surface area contributed by atoms with Gasteiger partial charge in [-0.3, -0.25) is 4.79 Å². The molecule has 5 heteroatoms. The molecule has 0 bridgehead atoms. The van der Waals surface area contributed by atoms with Crippen LogP contribution in [-0.2, 0) is 12.7 Å². The molecule has 106 valence electrons. The van der Waals surface area contributed by atoms with E-state index < -0.39 is 17.3 Å². The van der Waals surface area contributed by atoms with Gasteiger partial charge in [-0.2, -0.15) is 13.2 Å². The van der Waals surface area contributed by atoms with E-state index in [4.69, 9.17) is 0 Å². The van der Waals surface area contributed by atoms with Gasteiger partial charge in [0, 0.05) is 12.3 Å². The quantitative estimate of drug-likeness (QED) is 0.825. The first-order valence-corrected chi connectivity index (χ1v) is 6.10. The van der Waals surface area contributed by atoms with Crippen molar-refractivity contribution < 1.29 is 13.2 Å². The Morgan fingerprint density at radius 2 is 1.65 bits per heavy atom. The zero-order chi connectivity index (χ0) is 14.9. The monoisotopic (exact) mass is 281 g/mol. The summed E-state index contributed by atoms with van der Waals surface area (Å²) in [5.74, 6) is 0. The van der Waals surface area contributed by atoms with E-state index in [0.29, 0.717) is 0 Å². The van der Waals surface area contributed by atoms with Gasteiger partial charge in [-0.1, -0.05) is 29.3 Å². The molecule has 0 saturated carbocycles. The van der Waals surface area contributed by atoms with Gasteiger partial charge < -0.3 is 4.57 Å². The summed E-state index contributed by atoms with van der Waals surface area (Å²) in [5, 5.41) is 0. The Morgan fingerprint density at radius 1 is 1.05 bits per heavy atom. The van der Waals surface area contributed by atoms with Crippen molar-refractivity contribution in [1.29, 1.82) is 0 Å². The molecule has 2 aromatic rings. The second-order valence-electron chi connectivity index (χ2n) is 4.88. The first-order valence-electron chi connectivity index (χ1n) is 6.10. The van der Waals surface area contributed by atoms with E-state index in [1.807, 2.05) is 32.0 Å². The van der Waals surface area contributed by atoms with Crippen LogP contribution in [0.5, 0.6) is 0 Å². The second-order valence-corrected chi connectivity index (χ2v) is 4.88. The Kier molecular flexibility index (Phi) is 3.70. The minimum Gasteiger partial charge on any atom is -0.311 e. The number of benzene rings is 1. The minimum absolute atomic E-state index is 0.130. The highest BCUT2D eigenvalue weighted by Crippen LogP contribution is 2.28. The van der Waals surface area contributed by atoms with Gasteiger partial charge in [0.25, 0.3) is 5.56 Å². The number of hydrogen-bond donors (Lipinski definition) is 0. The molecular weight excluding hydrogens is 267 g/mol. The first-order chi connectivity index (χ1) is 9.25. The van der Waals surface area contributed by atoms with Crippen molar-refractivity contribution in [1.82, 2.24) is 4.57 Å². The molecule has 1 aromatic carbocycles. The predicted molar refractivity (Wildman–Crippen MR) is 70.7 cm³/mol. The lowest BCUT2D eigenvalue weighted by molar-refractivity contribution is -0.138. The lowest BCUT2D eigenvalue weighted by Crippen LogP contribution is -2.22. The molecule has 0 aliphatic carbocycles. The van der Waals surface area contributed by atoms with Crippen molar-refractivity contribution in [3.63, 3.8) is 0 Å². The van der Waals surface area contributed by atoms with E-state index in [9.17, 15) is 18.0 Å². The SMILES string of the molecule is Cc1cc(C)cc(Cn2cc(C(F)(F)F)ccc2=O)c1. The van der Waals surface area contributed by atoms with Crippen LogP contribution in [0.3, 0.4) is 0 Å². The predicted octanol–water partition coefficient (Wildman–Crippen LogP) is 3.53. The Hall–Kier alpha value is -2.04. The molecule has 2 nitrogen and oxygen atoms in total. The summed E-state index contributed by atoms with van der Waals surface area (Å²) in [6.45, 7) is 3.95. The van der Waals surface area contributed by atoms with Gasteiger partial charge in [0.15, 0.2) is 0 Å². The van der Waals surface area contributed by atoms with Crippen molar-refractivity contribution >= 4 is 0 Å². The number of hydrogen-bond acceptors (Lipinski definition) is 1. The van der Waals surface area contributed by atoms with Crippen LogP contribution in [0.25, 0.3) is 0 Å². The molecule has 20 heavy (non-hydrogen) atoms. The normalized spacial score (nSPS) is 11.7. The number of nitrogens with zero attached hydrogens (tertiary/aromatic N) is 1. The summed E-state index contributed by atoms with van der Waals surface area (Å²) in [5.41, 5.74) is 1.57. The standard InChI is InChI=1S/C15H14F3NO/c1-10-5-11(2)7-12(6-10)8-19-9-13(15(16,17)18)3-4-14(19)20/h3-7,9H,8H2,1-2H3. The van der Waals surface area contributed by atoms with Gasteiger partial charge in [0.2, 0.25) is 0 Å². The van der Waals surface area contributed by atoms with E-state index >= 15 is 0 Å². The average Bonchev–Trinajstić information content (AvgIpc) is 2.29. The van der Waals surface area contributed by atoms with Crippen molar-refractivity contribution in [2.45, 2.75) is 26.6 Å². The lowest BCUT2D eigenvalue weighted by atomic mass is 10.1. The maximum Gasteiger partial charge on any atom is 0.417 e. The van der Waals surface area contributed by atoms with Crippen LogP contribution in [0.15, 0.2) is 41.3 Å². The first kappa shape index (κ1) is 14.4. The van der Waals surface area contributed by atoms with Gasteiger partial charge in [0.1, 0.15) is 0 Å². The molecule has 0 spiro atoms. The van der Waals surface area contributed by atoms with Crippen LogP contribution >= 0.6 is 0 Å². The number of aryl methyl sites for hydroxylation is 2. The number of halogens is 3. The third kappa shape index (κ3) is 3.29. The summed E-state index contributed by atoms with van der Waals surface area (Å²) in [7, 11) is 0. The van der Waals surface area contributed by atoms with Crippen LogP contribution in [-0.4, -0.2) is 4.57 Å². The highest BCUT2D eigenvalue weighted by Gasteiger charge is 2.31. The van der Waals surface area contributed by atoms with Crippen molar-refractivity contribution in [3.05, 3.63) is 69.1 Å². The van der Waals surface area contributed by atoms with Crippen LogP contribution < -0.4 is 5.56 Å². The fourth-order valence-electron chi connectivity index (χ4n) is 2.18. The molecule has 0 N–H and O–H groups in total. The third-order valence-electron chi connectivity index (χ3n) is 2.95. The molecule has 2 rings (SSSR count). The second kappa shape index (κ2) is 5.15. The molecular formula is C15H14F3NO.